The lowest BCUT2D eigenvalue weighted by Crippen LogP contribution is -2.22. The molecule has 16 heavy (non-hydrogen) atoms. The van der Waals surface area contributed by atoms with Crippen molar-refractivity contribution in [3.8, 4) is 0 Å². The van der Waals surface area contributed by atoms with E-state index in [4.69, 9.17) is 5.11 Å². The number of nitrogens with zero attached hydrogens (tertiary/aromatic N) is 1. The molecule has 2 aromatic heterocycles. The highest BCUT2D eigenvalue weighted by atomic mass is 32.1. The van der Waals surface area contributed by atoms with Gasteiger partial charge in [-0.1, -0.05) is 6.92 Å². The van der Waals surface area contributed by atoms with Crippen LogP contribution in [0.5, 0.6) is 0 Å². The Kier molecular flexibility index (Phi) is 3.88. The number of aromatic nitrogens is 1. The molecule has 86 valence electrons. The average Bonchev–Trinajstić information content (AvgIpc) is 2.76. The summed E-state index contributed by atoms with van der Waals surface area (Å²) < 4.78 is 1.23. The highest BCUT2D eigenvalue weighted by Crippen LogP contribution is 2.19. The number of nitrogens with one attached hydrogen (secondary N) is 1. The fourth-order valence-corrected chi connectivity index (χ4v) is 2.32. The molecule has 0 aliphatic rings. The normalized spacial score (nSPS) is 13.1. The van der Waals surface area contributed by atoms with Crippen molar-refractivity contribution in [2.75, 3.05) is 13.2 Å². The summed E-state index contributed by atoms with van der Waals surface area (Å²) in [6, 6.07) is 4.20. The third kappa shape index (κ3) is 2.78. The number of hydrogen-bond donors (Lipinski definition) is 2. The largest absolute Gasteiger partial charge is 0.396 e. The van der Waals surface area contributed by atoms with E-state index in [1.165, 1.54) is 10.3 Å². The molecule has 0 radical (unpaired) electrons. The van der Waals surface area contributed by atoms with Crippen LogP contribution in [-0.2, 0) is 6.54 Å². The zero-order valence-corrected chi connectivity index (χ0v) is 10.1. The van der Waals surface area contributed by atoms with Crippen molar-refractivity contribution in [3.63, 3.8) is 0 Å². The van der Waals surface area contributed by atoms with Crippen molar-refractivity contribution in [2.45, 2.75) is 13.5 Å². The topological polar surface area (TPSA) is 45.1 Å². The van der Waals surface area contributed by atoms with Gasteiger partial charge in [0.15, 0.2) is 0 Å². The van der Waals surface area contributed by atoms with Gasteiger partial charge in [-0.15, -0.1) is 11.3 Å². The molecule has 1 unspecified atom stereocenters. The molecule has 0 amide bonds. The van der Waals surface area contributed by atoms with E-state index in [0.717, 1.165) is 18.6 Å². The molecule has 0 aliphatic heterocycles. The second-order valence-electron chi connectivity index (χ2n) is 4.07. The predicted molar refractivity (Wildman–Crippen MR) is 67.6 cm³/mol. The summed E-state index contributed by atoms with van der Waals surface area (Å²) in [6.07, 6.45) is 1.91. The maximum Gasteiger partial charge on any atom is 0.0809 e. The molecule has 0 aliphatic carbocycles. The van der Waals surface area contributed by atoms with Gasteiger partial charge in [-0.05, 0) is 29.0 Å². The Morgan fingerprint density at radius 1 is 1.56 bits per heavy atom. The molecular weight excluding hydrogens is 220 g/mol. The summed E-state index contributed by atoms with van der Waals surface area (Å²) in [5.74, 6) is 0.304. The van der Waals surface area contributed by atoms with Crippen LogP contribution in [0.15, 0.2) is 23.7 Å². The van der Waals surface area contributed by atoms with Crippen LogP contribution in [0.25, 0.3) is 10.2 Å². The fraction of sp³-hybridized carbons (Fsp3) is 0.417. The number of hydrogen-bond acceptors (Lipinski definition) is 4. The summed E-state index contributed by atoms with van der Waals surface area (Å²) in [6.45, 7) is 3.90. The van der Waals surface area contributed by atoms with E-state index >= 15 is 0 Å². The lowest BCUT2D eigenvalue weighted by atomic mass is 10.2. The van der Waals surface area contributed by atoms with Crippen LogP contribution in [-0.4, -0.2) is 23.2 Å². The zero-order chi connectivity index (χ0) is 11.4. The highest BCUT2D eigenvalue weighted by Gasteiger charge is 2.01. The van der Waals surface area contributed by atoms with Gasteiger partial charge in [0.2, 0.25) is 0 Å². The fourth-order valence-electron chi connectivity index (χ4n) is 1.51. The number of aliphatic hydroxyl groups excluding tert-OH is 1. The summed E-state index contributed by atoms with van der Waals surface area (Å²) in [5.41, 5.74) is 2.26. The van der Waals surface area contributed by atoms with Crippen LogP contribution in [0.2, 0.25) is 0 Å². The minimum atomic E-state index is 0.231. The van der Waals surface area contributed by atoms with E-state index in [0.29, 0.717) is 5.92 Å². The number of fused-ring (bicyclic) bond motifs is 1. The van der Waals surface area contributed by atoms with Crippen LogP contribution in [0, 0.1) is 5.92 Å². The maximum atomic E-state index is 8.89. The Hall–Kier alpha value is -0.970. The summed E-state index contributed by atoms with van der Waals surface area (Å²) in [5, 5.41) is 14.3. The first-order valence-electron chi connectivity index (χ1n) is 5.43. The highest BCUT2D eigenvalue weighted by molar-refractivity contribution is 7.17. The lowest BCUT2D eigenvalue weighted by Gasteiger charge is -2.09. The standard InChI is InChI=1S/C12H16N2OS/c1-9(8-15)5-13-6-10-4-12-11(14-7-10)2-3-16-12/h2-4,7,9,13,15H,5-6,8H2,1H3. The van der Waals surface area contributed by atoms with Crippen molar-refractivity contribution in [1.29, 1.82) is 0 Å². The molecule has 2 heterocycles. The molecule has 0 saturated heterocycles. The van der Waals surface area contributed by atoms with Gasteiger partial charge in [0.05, 0.1) is 10.2 Å². The van der Waals surface area contributed by atoms with Crippen molar-refractivity contribution in [3.05, 3.63) is 29.3 Å². The first-order chi connectivity index (χ1) is 7.79. The third-order valence-corrected chi connectivity index (χ3v) is 3.35. The quantitative estimate of drug-likeness (QED) is 0.834. The minimum absolute atomic E-state index is 0.231. The second-order valence-corrected chi connectivity index (χ2v) is 5.01. The van der Waals surface area contributed by atoms with Crippen LogP contribution < -0.4 is 5.32 Å². The Morgan fingerprint density at radius 2 is 2.44 bits per heavy atom. The molecule has 0 saturated carbocycles. The molecule has 0 spiro atoms. The van der Waals surface area contributed by atoms with Gasteiger partial charge >= 0.3 is 0 Å². The molecule has 2 rings (SSSR count). The Balaban J connectivity index is 1.93. The van der Waals surface area contributed by atoms with Gasteiger partial charge in [0, 0.05) is 25.9 Å². The molecule has 1 atom stereocenters. The van der Waals surface area contributed by atoms with Crippen molar-refractivity contribution < 1.29 is 5.11 Å². The van der Waals surface area contributed by atoms with Gasteiger partial charge < -0.3 is 10.4 Å². The van der Waals surface area contributed by atoms with E-state index in [2.05, 4.69) is 21.7 Å². The van der Waals surface area contributed by atoms with Gasteiger partial charge in [-0.2, -0.15) is 0 Å². The molecule has 0 bridgehead atoms. The Labute approximate surface area is 99.1 Å². The van der Waals surface area contributed by atoms with Crippen LogP contribution in [0.3, 0.4) is 0 Å². The number of aliphatic hydroxyl groups is 1. The summed E-state index contributed by atoms with van der Waals surface area (Å²) >= 11 is 1.72. The first kappa shape index (κ1) is 11.5. The van der Waals surface area contributed by atoms with Gasteiger partial charge in [-0.25, -0.2) is 0 Å². The van der Waals surface area contributed by atoms with Gasteiger partial charge in [0.1, 0.15) is 0 Å². The summed E-state index contributed by atoms with van der Waals surface area (Å²) in [7, 11) is 0. The minimum Gasteiger partial charge on any atom is -0.396 e. The smallest absolute Gasteiger partial charge is 0.0809 e. The first-order valence-corrected chi connectivity index (χ1v) is 6.31. The van der Waals surface area contributed by atoms with Crippen molar-refractivity contribution in [2.24, 2.45) is 5.92 Å². The third-order valence-electron chi connectivity index (χ3n) is 2.49. The molecule has 4 heteroatoms. The van der Waals surface area contributed by atoms with Crippen LogP contribution in [0.1, 0.15) is 12.5 Å². The second kappa shape index (κ2) is 5.39. The van der Waals surface area contributed by atoms with Crippen molar-refractivity contribution >= 4 is 21.6 Å². The number of pyridine rings is 1. The van der Waals surface area contributed by atoms with E-state index in [1.54, 1.807) is 11.3 Å². The number of rotatable bonds is 5. The lowest BCUT2D eigenvalue weighted by molar-refractivity contribution is 0.233. The zero-order valence-electron chi connectivity index (χ0n) is 9.31. The SMILES string of the molecule is CC(CO)CNCc1cnc2ccsc2c1. The molecule has 0 aromatic carbocycles. The summed E-state index contributed by atoms with van der Waals surface area (Å²) in [4.78, 5) is 4.38. The monoisotopic (exact) mass is 236 g/mol. The Bertz CT molecular complexity index is 455. The number of thiophene rings is 1. The molecule has 0 fully saturated rings. The molecule has 2 N–H and O–H groups in total. The van der Waals surface area contributed by atoms with E-state index in [9.17, 15) is 0 Å². The molecule has 3 nitrogen and oxygen atoms in total. The molecule has 2 aromatic rings. The maximum absolute atomic E-state index is 8.89. The van der Waals surface area contributed by atoms with E-state index in [-0.39, 0.29) is 6.61 Å². The predicted octanol–water partition coefficient (Wildman–Crippen LogP) is 2.01. The van der Waals surface area contributed by atoms with Crippen LogP contribution in [0.4, 0.5) is 0 Å². The Morgan fingerprint density at radius 3 is 3.25 bits per heavy atom. The van der Waals surface area contributed by atoms with Crippen molar-refractivity contribution in [1.82, 2.24) is 10.3 Å². The molecular formula is C12H16N2OS. The van der Waals surface area contributed by atoms with Crippen LogP contribution >= 0.6 is 11.3 Å². The van der Waals surface area contributed by atoms with Gasteiger partial charge in [-0.3, -0.25) is 4.98 Å². The van der Waals surface area contributed by atoms with E-state index in [1.807, 2.05) is 19.2 Å². The van der Waals surface area contributed by atoms with E-state index < -0.39 is 0 Å². The van der Waals surface area contributed by atoms with Gasteiger partial charge in [0.25, 0.3) is 0 Å². The average molecular weight is 236 g/mol.